The van der Waals surface area contributed by atoms with Crippen LogP contribution in [0.3, 0.4) is 0 Å². The molecule has 0 N–H and O–H groups in total. The van der Waals surface area contributed by atoms with Gasteiger partial charge in [0.05, 0.1) is 12.2 Å². The number of hydrogen-bond donors (Lipinski definition) is 0. The summed E-state index contributed by atoms with van der Waals surface area (Å²) in [4.78, 5) is 0. The first-order valence-electron chi connectivity index (χ1n) is 4.80. The Bertz CT molecular complexity index is 118. The summed E-state index contributed by atoms with van der Waals surface area (Å²) in [5.41, 5.74) is 0. The quantitative estimate of drug-likeness (QED) is 0.597. The largest absolute Gasteiger partial charge is 0.375 e. The second-order valence-electron chi connectivity index (χ2n) is 4.01. The Morgan fingerprint density at radius 2 is 2.09 bits per heavy atom. The molecular weight excluding hydrogens is 136 g/mol. The SMILES string of the molecule is CCC(C)C1OC(C)CC1C. The maximum atomic E-state index is 5.83. The second kappa shape index (κ2) is 3.57. The van der Waals surface area contributed by atoms with Crippen molar-refractivity contribution in [3.8, 4) is 0 Å². The predicted octanol–water partition coefficient (Wildman–Crippen LogP) is 2.85. The minimum atomic E-state index is 0.490. The van der Waals surface area contributed by atoms with Gasteiger partial charge in [0.1, 0.15) is 0 Å². The van der Waals surface area contributed by atoms with E-state index in [4.69, 9.17) is 4.74 Å². The zero-order valence-electron chi connectivity index (χ0n) is 8.13. The summed E-state index contributed by atoms with van der Waals surface area (Å²) in [6, 6.07) is 0. The molecule has 4 atom stereocenters. The Kier molecular flexibility index (Phi) is 2.94. The van der Waals surface area contributed by atoms with E-state index in [1.54, 1.807) is 0 Å². The third-order valence-electron chi connectivity index (χ3n) is 2.86. The summed E-state index contributed by atoms with van der Waals surface area (Å²) < 4.78 is 5.83. The maximum Gasteiger partial charge on any atom is 0.0630 e. The van der Waals surface area contributed by atoms with Gasteiger partial charge in [-0.15, -0.1) is 0 Å². The summed E-state index contributed by atoms with van der Waals surface area (Å²) in [7, 11) is 0. The van der Waals surface area contributed by atoms with Gasteiger partial charge in [-0.1, -0.05) is 27.2 Å². The lowest BCUT2D eigenvalue weighted by molar-refractivity contribution is 0.0113. The lowest BCUT2D eigenvalue weighted by atomic mass is 9.91. The molecule has 1 aliphatic rings. The lowest BCUT2D eigenvalue weighted by Crippen LogP contribution is -2.22. The van der Waals surface area contributed by atoms with Gasteiger partial charge in [0.15, 0.2) is 0 Å². The van der Waals surface area contributed by atoms with Gasteiger partial charge in [0.25, 0.3) is 0 Å². The standard InChI is InChI=1S/C10H20O/c1-5-7(2)10-8(3)6-9(4)11-10/h7-10H,5-6H2,1-4H3. The number of ether oxygens (including phenoxy) is 1. The van der Waals surface area contributed by atoms with Gasteiger partial charge in [-0.2, -0.15) is 0 Å². The fourth-order valence-electron chi connectivity index (χ4n) is 2.04. The highest BCUT2D eigenvalue weighted by Crippen LogP contribution is 2.31. The van der Waals surface area contributed by atoms with E-state index >= 15 is 0 Å². The Hall–Kier alpha value is -0.0400. The second-order valence-corrected chi connectivity index (χ2v) is 4.01. The molecule has 0 aliphatic carbocycles. The molecule has 0 aromatic carbocycles. The molecule has 1 fully saturated rings. The van der Waals surface area contributed by atoms with E-state index < -0.39 is 0 Å². The Morgan fingerprint density at radius 1 is 1.45 bits per heavy atom. The van der Waals surface area contributed by atoms with Crippen molar-refractivity contribution in [2.45, 2.75) is 52.7 Å². The van der Waals surface area contributed by atoms with Gasteiger partial charge < -0.3 is 4.74 Å². The molecule has 66 valence electrons. The van der Waals surface area contributed by atoms with Crippen molar-refractivity contribution in [1.29, 1.82) is 0 Å². The molecule has 0 radical (unpaired) electrons. The first kappa shape index (κ1) is 9.05. The molecule has 0 bridgehead atoms. The minimum absolute atomic E-state index is 0.490. The van der Waals surface area contributed by atoms with E-state index in [2.05, 4.69) is 27.7 Å². The van der Waals surface area contributed by atoms with Crippen LogP contribution in [0.25, 0.3) is 0 Å². The van der Waals surface area contributed by atoms with Crippen LogP contribution in [0.2, 0.25) is 0 Å². The van der Waals surface area contributed by atoms with E-state index in [1.807, 2.05) is 0 Å². The molecule has 1 saturated heterocycles. The van der Waals surface area contributed by atoms with Crippen LogP contribution in [-0.2, 0) is 4.74 Å². The monoisotopic (exact) mass is 156 g/mol. The molecule has 1 heterocycles. The van der Waals surface area contributed by atoms with Crippen LogP contribution < -0.4 is 0 Å². The van der Waals surface area contributed by atoms with Crippen molar-refractivity contribution < 1.29 is 4.74 Å². The average Bonchev–Trinajstić information content (AvgIpc) is 2.28. The zero-order chi connectivity index (χ0) is 8.43. The van der Waals surface area contributed by atoms with Crippen molar-refractivity contribution >= 4 is 0 Å². The van der Waals surface area contributed by atoms with Gasteiger partial charge >= 0.3 is 0 Å². The van der Waals surface area contributed by atoms with E-state index in [0.29, 0.717) is 12.2 Å². The molecular formula is C10H20O. The molecule has 0 aromatic heterocycles. The Morgan fingerprint density at radius 3 is 2.45 bits per heavy atom. The molecule has 0 saturated carbocycles. The van der Waals surface area contributed by atoms with Gasteiger partial charge in [-0.05, 0) is 25.2 Å². The molecule has 11 heavy (non-hydrogen) atoms. The van der Waals surface area contributed by atoms with E-state index in [9.17, 15) is 0 Å². The molecule has 0 aromatic rings. The van der Waals surface area contributed by atoms with Crippen molar-refractivity contribution in [1.82, 2.24) is 0 Å². The Labute approximate surface area is 70.1 Å². The number of rotatable bonds is 2. The molecule has 1 aliphatic heterocycles. The summed E-state index contributed by atoms with van der Waals surface area (Å²) in [5.74, 6) is 1.50. The normalized spacial score (nSPS) is 40.9. The molecule has 0 amide bonds. The van der Waals surface area contributed by atoms with Gasteiger partial charge in [0, 0.05) is 0 Å². The molecule has 0 spiro atoms. The summed E-state index contributed by atoms with van der Waals surface area (Å²) in [6.07, 6.45) is 3.50. The van der Waals surface area contributed by atoms with Crippen molar-refractivity contribution in [3.05, 3.63) is 0 Å². The highest BCUT2D eigenvalue weighted by atomic mass is 16.5. The van der Waals surface area contributed by atoms with Crippen LogP contribution >= 0.6 is 0 Å². The van der Waals surface area contributed by atoms with Crippen LogP contribution in [0.4, 0.5) is 0 Å². The lowest BCUT2D eigenvalue weighted by Gasteiger charge is -2.21. The molecule has 4 unspecified atom stereocenters. The van der Waals surface area contributed by atoms with Crippen LogP contribution in [0.1, 0.15) is 40.5 Å². The highest BCUT2D eigenvalue weighted by Gasteiger charge is 2.32. The molecule has 1 heteroatoms. The van der Waals surface area contributed by atoms with Crippen LogP contribution in [0, 0.1) is 11.8 Å². The first-order valence-corrected chi connectivity index (χ1v) is 4.80. The maximum absolute atomic E-state index is 5.83. The third-order valence-corrected chi connectivity index (χ3v) is 2.86. The van der Waals surface area contributed by atoms with Crippen molar-refractivity contribution in [3.63, 3.8) is 0 Å². The summed E-state index contributed by atoms with van der Waals surface area (Å²) in [6.45, 7) is 9.02. The van der Waals surface area contributed by atoms with Crippen LogP contribution in [0.5, 0.6) is 0 Å². The predicted molar refractivity (Wildman–Crippen MR) is 47.6 cm³/mol. The van der Waals surface area contributed by atoms with Crippen molar-refractivity contribution in [2.75, 3.05) is 0 Å². The van der Waals surface area contributed by atoms with Gasteiger partial charge in [-0.3, -0.25) is 0 Å². The van der Waals surface area contributed by atoms with E-state index in [-0.39, 0.29) is 0 Å². The van der Waals surface area contributed by atoms with Crippen LogP contribution in [-0.4, -0.2) is 12.2 Å². The zero-order valence-corrected chi connectivity index (χ0v) is 8.13. The van der Waals surface area contributed by atoms with Crippen LogP contribution in [0.15, 0.2) is 0 Å². The summed E-state index contributed by atoms with van der Waals surface area (Å²) in [5, 5.41) is 0. The molecule has 1 nitrogen and oxygen atoms in total. The fraction of sp³-hybridized carbons (Fsp3) is 1.00. The smallest absolute Gasteiger partial charge is 0.0630 e. The topological polar surface area (TPSA) is 9.23 Å². The van der Waals surface area contributed by atoms with Gasteiger partial charge in [-0.25, -0.2) is 0 Å². The third kappa shape index (κ3) is 1.96. The van der Waals surface area contributed by atoms with E-state index in [0.717, 1.165) is 11.8 Å². The Balaban J connectivity index is 2.45. The minimum Gasteiger partial charge on any atom is -0.375 e. The fourth-order valence-corrected chi connectivity index (χ4v) is 2.04. The summed E-state index contributed by atoms with van der Waals surface area (Å²) >= 11 is 0. The number of hydrogen-bond acceptors (Lipinski definition) is 1. The highest BCUT2D eigenvalue weighted by molar-refractivity contribution is 4.80. The van der Waals surface area contributed by atoms with E-state index in [1.165, 1.54) is 12.8 Å². The first-order chi connectivity index (χ1) is 5.15. The average molecular weight is 156 g/mol. The van der Waals surface area contributed by atoms with Gasteiger partial charge in [0.2, 0.25) is 0 Å². The van der Waals surface area contributed by atoms with Crippen molar-refractivity contribution in [2.24, 2.45) is 11.8 Å². The molecule has 1 rings (SSSR count).